The number of nitrogens with zero attached hydrogens (tertiary/aromatic N) is 2. The van der Waals surface area contributed by atoms with Crippen molar-refractivity contribution in [1.29, 1.82) is 0 Å². The molecule has 1 aliphatic rings. The number of rotatable bonds is 14. The van der Waals surface area contributed by atoms with Crippen LogP contribution in [-0.4, -0.2) is 62.3 Å². The lowest BCUT2D eigenvalue weighted by Crippen LogP contribution is -2.44. The van der Waals surface area contributed by atoms with Crippen LogP contribution >= 0.6 is 0 Å². The summed E-state index contributed by atoms with van der Waals surface area (Å²) in [7, 11) is 2.22. The fraction of sp³-hybridized carbons (Fsp3) is 1.00. The van der Waals surface area contributed by atoms with Crippen LogP contribution in [-0.2, 0) is 4.74 Å². The van der Waals surface area contributed by atoms with E-state index < -0.39 is 0 Å². The molecule has 138 valence electrons. The minimum absolute atomic E-state index is 0.518. The Balaban J connectivity index is 2.07. The predicted molar refractivity (Wildman–Crippen MR) is 101 cm³/mol. The number of unbranched alkanes of at least 4 members (excludes halogenated alkanes) is 5. The zero-order valence-electron chi connectivity index (χ0n) is 16.2. The highest BCUT2D eigenvalue weighted by Gasteiger charge is 2.13. The average molecular weight is 327 g/mol. The number of hydrogen-bond donors (Lipinski definition) is 0. The molecule has 0 aromatic rings. The van der Waals surface area contributed by atoms with Gasteiger partial charge in [0, 0.05) is 39.3 Å². The van der Waals surface area contributed by atoms with Crippen LogP contribution in [0.3, 0.4) is 0 Å². The lowest BCUT2D eigenvalue weighted by atomic mass is 10.0. The first-order chi connectivity index (χ1) is 11.3. The van der Waals surface area contributed by atoms with E-state index >= 15 is 0 Å². The van der Waals surface area contributed by atoms with E-state index in [1.807, 2.05) is 0 Å². The molecule has 23 heavy (non-hydrogen) atoms. The smallest absolute Gasteiger partial charge is 0.0575 e. The first-order valence-electron chi connectivity index (χ1n) is 10.3. The van der Waals surface area contributed by atoms with E-state index in [1.54, 1.807) is 0 Å². The van der Waals surface area contributed by atoms with Gasteiger partial charge in [-0.05, 0) is 26.3 Å². The third-order valence-electron chi connectivity index (χ3n) is 5.08. The van der Waals surface area contributed by atoms with Crippen LogP contribution in [0.2, 0.25) is 0 Å². The van der Waals surface area contributed by atoms with E-state index in [2.05, 4.69) is 30.7 Å². The van der Waals surface area contributed by atoms with Gasteiger partial charge < -0.3 is 14.5 Å². The van der Waals surface area contributed by atoms with Crippen molar-refractivity contribution in [3.63, 3.8) is 0 Å². The van der Waals surface area contributed by atoms with E-state index in [0.717, 1.165) is 6.61 Å². The van der Waals surface area contributed by atoms with Gasteiger partial charge in [-0.2, -0.15) is 0 Å². The molecule has 0 aromatic heterocycles. The lowest BCUT2D eigenvalue weighted by molar-refractivity contribution is 0.0306. The van der Waals surface area contributed by atoms with E-state index in [4.69, 9.17) is 4.74 Å². The maximum absolute atomic E-state index is 6.23. The highest BCUT2D eigenvalue weighted by molar-refractivity contribution is 4.69. The fourth-order valence-corrected chi connectivity index (χ4v) is 3.33. The minimum Gasteiger partial charge on any atom is -0.378 e. The number of likely N-dealkylation sites (N-methyl/N-ethyl adjacent to an activating group) is 1. The van der Waals surface area contributed by atoms with Crippen molar-refractivity contribution in [2.24, 2.45) is 0 Å². The molecule has 1 unspecified atom stereocenters. The van der Waals surface area contributed by atoms with Crippen molar-refractivity contribution in [1.82, 2.24) is 9.80 Å². The molecule has 0 bridgehead atoms. The van der Waals surface area contributed by atoms with E-state index in [1.165, 1.54) is 96.9 Å². The largest absolute Gasteiger partial charge is 0.378 e. The van der Waals surface area contributed by atoms with Crippen molar-refractivity contribution in [2.75, 3.05) is 46.4 Å². The van der Waals surface area contributed by atoms with Crippen LogP contribution < -0.4 is 0 Å². The maximum atomic E-state index is 6.23. The Labute approximate surface area is 145 Å². The lowest BCUT2D eigenvalue weighted by Gasteiger charge is -2.32. The summed E-state index contributed by atoms with van der Waals surface area (Å²) in [4.78, 5) is 5.02. The second kappa shape index (κ2) is 14.2. The summed E-state index contributed by atoms with van der Waals surface area (Å²) in [6, 6.07) is 0. The molecule has 0 amide bonds. The van der Waals surface area contributed by atoms with E-state index in [0.29, 0.717) is 6.10 Å². The van der Waals surface area contributed by atoms with Gasteiger partial charge in [0.15, 0.2) is 0 Å². The second-order valence-electron chi connectivity index (χ2n) is 7.34. The monoisotopic (exact) mass is 326 g/mol. The van der Waals surface area contributed by atoms with Gasteiger partial charge in [0.1, 0.15) is 0 Å². The Bertz CT molecular complexity index is 252. The first-order valence-corrected chi connectivity index (χ1v) is 10.3. The predicted octanol–water partition coefficient (Wildman–Crippen LogP) is 4.56. The Hall–Kier alpha value is -0.120. The maximum Gasteiger partial charge on any atom is 0.0575 e. The molecule has 3 heteroatoms. The van der Waals surface area contributed by atoms with Gasteiger partial charge in [-0.25, -0.2) is 0 Å². The molecule has 1 saturated heterocycles. The highest BCUT2D eigenvalue weighted by Crippen LogP contribution is 2.15. The van der Waals surface area contributed by atoms with Crippen LogP contribution in [0.5, 0.6) is 0 Å². The Morgan fingerprint density at radius 1 is 0.783 bits per heavy atom. The summed E-state index contributed by atoms with van der Waals surface area (Å²) >= 11 is 0. The van der Waals surface area contributed by atoms with Gasteiger partial charge >= 0.3 is 0 Å². The summed E-state index contributed by atoms with van der Waals surface area (Å²) in [5, 5.41) is 0. The summed E-state index contributed by atoms with van der Waals surface area (Å²) in [5.41, 5.74) is 0. The summed E-state index contributed by atoms with van der Waals surface area (Å²) in [6.07, 6.45) is 13.7. The van der Waals surface area contributed by atoms with Gasteiger partial charge in [-0.1, -0.05) is 58.8 Å². The molecule has 1 heterocycles. The molecular weight excluding hydrogens is 284 g/mol. The molecule has 0 aromatic carbocycles. The zero-order valence-corrected chi connectivity index (χ0v) is 16.2. The molecule has 1 rings (SSSR count). The zero-order chi connectivity index (χ0) is 16.8. The van der Waals surface area contributed by atoms with Crippen molar-refractivity contribution in [2.45, 2.75) is 84.2 Å². The van der Waals surface area contributed by atoms with Crippen molar-refractivity contribution >= 4 is 0 Å². The second-order valence-corrected chi connectivity index (χ2v) is 7.34. The molecule has 0 radical (unpaired) electrons. The molecule has 1 fully saturated rings. The van der Waals surface area contributed by atoms with Gasteiger partial charge in [-0.3, -0.25) is 0 Å². The molecule has 3 nitrogen and oxygen atoms in total. The van der Waals surface area contributed by atoms with Gasteiger partial charge in [-0.15, -0.1) is 0 Å². The fourth-order valence-electron chi connectivity index (χ4n) is 3.33. The van der Waals surface area contributed by atoms with E-state index in [-0.39, 0.29) is 0 Å². The van der Waals surface area contributed by atoms with Gasteiger partial charge in [0.2, 0.25) is 0 Å². The summed E-state index contributed by atoms with van der Waals surface area (Å²) < 4.78 is 6.23. The summed E-state index contributed by atoms with van der Waals surface area (Å²) in [6.45, 7) is 11.6. The quantitative estimate of drug-likeness (QED) is 0.435. The summed E-state index contributed by atoms with van der Waals surface area (Å²) in [5.74, 6) is 0. The van der Waals surface area contributed by atoms with Crippen LogP contribution in [0.1, 0.15) is 78.1 Å². The normalized spacial score (nSPS) is 18.4. The molecule has 0 N–H and O–H groups in total. The average Bonchev–Trinajstić information content (AvgIpc) is 2.57. The van der Waals surface area contributed by atoms with E-state index in [9.17, 15) is 0 Å². The van der Waals surface area contributed by atoms with Crippen LogP contribution in [0.4, 0.5) is 0 Å². The number of hydrogen-bond acceptors (Lipinski definition) is 3. The van der Waals surface area contributed by atoms with Crippen LogP contribution in [0.25, 0.3) is 0 Å². The Morgan fingerprint density at radius 3 is 2.13 bits per heavy atom. The molecule has 0 spiro atoms. The first kappa shape index (κ1) is 20.9. The highest BCUT2D eigenvalue weighted by atomic mass is 16.5. The molecule has 0 saturated carbocycles. The standard InChI is InChI=1S/C20H42N2O/c1-4-6-8-9-10-13-20(12-7-5-2)23-19-11-14-22-17-15-21(3)16-18-22/h20H,4-19H2,1-3H3. The third-order valence-corrected chi connectivity index (χ3v) is 5.08. The van der Waals surface area contributed by atoms with Crippen molar-refractivity contribution in [3.05, 3.63) is 0 Å². The molecular formula is C20H42N2O. The van der Waals surface area contributed by atoms with Gasteiger partial charge in [0.05, 0.1) is 6.10 Å². The molecule has 1 aliphatic heterocycles. The minimum atomic E-state index is 0.518. The number of ether oxygens (including phenoxy) is 1. The van der Waals surface area contributed by atoms with Crippen LogP contribution in [0, 0.1) is 0 Å². The number of piperazine rings is 1. The van der Waals surface area contributed by atoms with Crippen LogP contribution in [0.15, 0.2) is 0 Å². The Kier molecular flexibility index (Phi) is 13.0. The van der Waals surface area contributed by atoms with Gasteiger partial charge in [0.25, 0.3) is 0 Å². The van der Waals surface area contributed by atoms with Crippen molar-refractivity contribution in [3.8, 4) is 0 Å². The molecule has 1 atom stereocenters. The van der Waals surface area contributed by atoms with Crippen molar-refractivity contribution < 1.29 is 4.74 Å². The topological polar surface area (TPSA) is 15.7 Å². The third kappa shape index (κ3) is 11.1. The molecule has 0 aliphatic carbocycles. The Morgan fingerprint density at radius 2 is 1.43 bits per heavy atom. The SMILES string of the molecule is CCCCCCCC(CCCC)OCCCN1CCN(C)CC1.